The monoisotopic (exact) mass is 672 g/mol. The Bertz CT molecular complexity index is 1560. The fraction of sp³-hybridized carbons (Fsp3) is 0.730. The van der Waals surface area contributed by atoms with Crippen LogP contribution < -0.4 is 0 Å². The number of ketones is 1. The predicted molar refractivity (Wildman–Crippen MR) is 172 cm³/mol. The second kappa shape index (κ2) is 10.4. The minimum atomic E-state index is -2.14. The summed E-state index contributed by atoms with van der Waals surface area (Å²) in [6.45, 7) is 11.6. The molecule has 4 fully saturated rings. The SMILES string of the molecule is CC(C)(O)CC[C@@](O)(c1ccccc1C(=O)O)[C@](C)(O)[C@H]1CCC2(O)C3=CC(=O)[C@@H]4C[C@]5(O)OC(C)(C)O[C@]5(O)C[C@]4(C)[C@H]3CC[C@]12C. The van der Waals surface area contributed by atoms with Crippen LogP contribution in [0.1, 0.15) is 116 Å². The topological polar surface area (TPSA) is 194 Å². The number of allylic oxidation sites excluding steroid dienone is 1. The van der Waals surface area contributed by atoms with E-state index in [0.717, 1.165) is 0 Å². The summed E-state index contributed by atoms with van der Waals surface area (Å²) in [4.78, 5) is 26.3. The Morgan fingerprint density at radius 2 is 1.52 bits per heavy atom. The van der Waals surface area contributed by atoms with Gasteiger partial charge in [-0.1, -0.05) is 32.0 Å². The van der Waals surface area contributed by atoms with Crippen molar-refractivity contribution in [3.63, 3.8) is 0 Å². The van der Waals surface area contributed by atoms with Crippen LogP contribution in [0, 0.1) is 28.6 Å². The summed E-state index contributed by atoms with van der Waals surface area (Å²) in [5.41, 5.74) is -8.58. The summed E-state index contributed by atoms with van der Waals surface area (Å²) in [5, 5.41) is 82.1. The summed E-state index contributed by atoms with van der Waals surface area (Å²) >= 11 is 0. The molecular formula is C37H52O11. The molecule has 1 aromatic carbocycles. The third-order valence-electron chi connectivity index (χ3n) is 13.3. The lowest BCUT2D eigenvalue weighted by Crippen LogP contribution is -2.67. The molecule has 0 bridgehead atoms. The third-order valence-corrected chi connectivity index (χ3v) is 13.3. The predicted octanol–water partition coefficient (Wildman–Crippen LogP) is 3.52. The van der Waals surface area contributed by atoms with E-state index in [0.29, 0.717) is 18.4 Å². The van der Waals surface area contributed by atoms with E-state index in [4.69, 9.17) is 9.47 Å². The van der Waals surface area contributed by atoms with Crippen LogP contribution in [-0.2, 0) is 19.9 Å². The van der Waals surface area contributed by atoms with Crippen LogP contribution in [-0.4, -0.2) is 81.7 Å². The van der Waals surface area contributed by atoms with E-state index in [1.165, 1.54) is 25.1 Å². The quantitative estimate of drug-likeness (QED) is 0.224. The number of rotatable bonds is 7. The lowest BCUT2D eigenvalue weighted by Gasteiger charge is -2.62. The van der Waals surface area contributed by atoms with E-state index in [2.05, 4.69) is 0 Å². The molecule has 4 aliphatic carbocycles. The van der Waals surface area contributed by atoms with Crippen molar-refractivity contribution in [3.05, 3.63) is 47.0 Å². The molecule has 1 saturated heterocycles. The Kier molecular flexibility index (Phi) is 7.72. The molecule has 1 aliphatic heterocycles. The first-order chi connectivity index (χ1) is 21.8. The van der Waals surface area contributed by atoms with Crippen molar-refractivity contribution in [1.82, 2.24) is 0 Å². The minimum Gasteiger partial charge on any atom is -0.478 e. The zero-order valence-corrected chi connectivity index (χ0v) is 29.0. The summed E-state index contributed by atoms with van der Waals surface area (Å²) in [7, 11) is 0. The highest BCUT2D eigenvalue weighted by Gasteiger charge is 2.75. The number of benzene rings is 1. The second-order valence-corrected chi connectivity index (χ2v) is 17.2. The molecule has 11 nitrogen and oxygen atoms in total. The highest BCUT2D eigenvalue weighted by Crippen LogP contribution is 2.71. The van der Waals surface area contributed by atoms with Crippen molar-refractivity contribution in [3.8, 4) is 0 Å². The van der Waals surface area contributed by atoms with Crippen LogP contribution >= 0.6 is 0 Å². The Balaban J connectivity index is 1.41. The number of hydrogen-bond acceptors (Lipinski definition) is 10. The van der Waals surface area contributed by atoms with Crippen molar-refractivity contribution >= 4 is 11.8 Å². The Hall–Kier alpha value is -2.22. The molecule has 1 unspecified atom stereocenters. The van der Waals surface area contributed by atoms with Gasteiger partial charge in [0.1, 0.15) is 5.60 Å². The van der Waals surface area contributed by atoms with Crippen LogP contribution in [0.15, 0.2) is 35.9 Å². The smallest absolute Gasteiger partial charge is 0.336 e. The molecule has 0 spiro atoms. The minimum absolute atomic E-state index is 0.0199. The van der Waals surface area contributed by atoms with Gasteiger partial charge in [-0.15, -0.1) is 0 Å². The van der Waals surface area contributed by atoms with Gasteiger partial charge in [0.15, 0.2) is 11.6 Å². The molecule has 10 atom stereocenters. The van der Waals surface area contributed by atoms with Crippen molar-refractivity contribution < 1.29 is 54.8 Å². The van der Waals surface area contributed by atoms with Crippen LogP contribution in [0.2, 0.25) is 0 Å². The molecule has 266 valence electrons. The Labute approximate surface area is 281 Å². The normalized spacial score (nSPS) is 42.8. The average molecular weight is 673 g/mol. The zero-order chi connectivity index (χ0) is 35.7. The first kappa shape index (κ1) is 35.6. The molecule has 1 heterocycles. The number of carbonyl (C=O) groups is 2. The van der Waals surface area contributed by atoms with E-state index < -0.39 is 68.4 Å². The fourth-order valence-electron chi connectivity index (χ4n) is 10.8. The van der Waals surface area contributed by atoms with Crippen LogP contribution in [0.3, 0.4) is 0 Å². The van der Waals surface area contributed by atoms with E-state index in [9.17, 15) is 45.3 Å². The number of carboxylic acid groups (broad SMARTS) is 1. The summed E-state index contributed by atoms with van der Waals surface area (Å²) in [6, 6.07) is 5.99. The molecule has 0 amide bonds. The van der Waals surface area contributed by atoms with Gasteiger partial charge in [0.2, 0.25) is 11.6 Å². The maximum absolute atomic E-state index is 14.0. The standard InChI is InChI=1S/C37H52O11/c1-29(2,41)16-17-35(44,22-11-9-8-10-21(22)28(39)40)33(7,42)27-13-15-34(43)24-18-26(38)25-19-36(45)37(46,48-30(3,4)47-36)20-31(25,5)23(24)12-14-32(27,34)6/h8-11,18,23,25,27,41-46H,12-17,19-20H2,1-7H3,(H,39,40)/t23-,25-,27-,31+,32+,33+,34?,35+,36-,37+/m0/s1. The Morgan fingerprint density at radius 1 is 0.896 bits per heavy atom. The van der Waals surface area contributed by atoms with Gasteiger partial charge in [-0.2, -0.15) is 0 Å². The number of ether oxygens (including phenoxy) is 2. The maximum atomic E-state index is 14.0. The van der Waals surface area contributed by atoms with Crippen molar-refractivity contribution in [2.45, 2.75) is 140 Å². The first-order valence-corrected chi connectivity index (χ1v) is 17.1. The van der Waals surface area contributed by atoms with Gasteiger partial charge in [0.05, 0.1) is 22.4 Å². The maximum Gasteiger partial charge on any atom is 0.336 e. The zero-order valence-electron chi connectivity index (χ0n) is 29.0. The first-order valence-electron chi connectivity index (χ1n) is 17.1. The molecule has 0 radical (unpaired) electrons. The lowest BCUT2D eigenvalue weighted by atomic mass is 9.44. The largest absolute Gasteiger partial charge is 0.478 e. The van der Waals surface area contributed by atoms with Crippen LogP contribution in [0.4, 0.5) is 0 Å². The molecule has 48 heavy (non-hydrogen) atoms. The molecule has 1 aromatic rings. The summed E-state index contributed by atoms with van der Waals surface area (Å²) in [5.74, 6) is -8.86. The molecular weight excluding hydrogens is 620 g/mol. The van der Waals surface area contributed by atoms with E-state index in [-0.39, 0.29) is 61.4 Å². The fourth-order valence-corrected chi connectivity index (χ4v) is 10.8. The number of aromatic carboxylic acids is 1. The van der Waals surface area contributed by atoms with E-state index in [1.807, 2.05) is 13.8 Å². The molecule has 7 N–H and O–H groups in total. The average Bonchev–Trinajstić information content (AvgIpc) is 3.34. The van der Waals surface area contributed by atoms with Gasteiger partial charge in [0, 0.05) is 29.7 Å². The van der Waals surface area contributed by atoms with Gasteiger partial charge >= 0.3 is 5.97 Å². The van der Waals surface area contributed by atoms with Gasteiger partial charge in [-0.05, 0) is 108 Å². The van der Waals surface area contributed by atoms with Crippen molar-refractivity contribution in [2.24, 2.45) is 28.6 Å². The molecule has 5 aliphatic rings. The molecule has 0 aromatic heterocycles. The highest BCUT2D eigenvalue weighted by atomic mass is 16.9. The summed E-state index contributed by atoms with van der Waals surface area (Å²) in [6.07, 6.45) is 2.38. The number of hydrogen-bond donors (Lipinski definition) is 7. The van der Waals surface area contributed by atoms with Gasteiger partial charge in [-0.3, -0.25) is 4.79 Å². The third kappa shape index (κ3) is 4.76. The Morgan fingerprint density at radius 3 is 2.15 bits per heavy atom. The van der Waals surface area contributed by atoms with Crippen LogP contribution in [0.5, 0.6) is 0 Å². The van der Waals surface area contributed by atoms with Crippen LogP contribution in [0.25, 0.3) is 0 Å². The molecule has 6 rings (SSSR count). The van der Waals surface area contributed by atoms with Gasteiger partial charge < -0.3 is 45.2 Å². The number of carbonyl (C=O) groups excluding carboxylic acids is 1. The number of aliphatic hydroxyl groups is 6. The van der Waals surface area contributed by atoms with E-state index in [1.54, 1.807) is 39.8 Å². The lowest BCUT2D eigenvalue weighted by molar-refractivity contribution is -0.337. The summed E-state index contributed by atoms with van der Waals surface area (Å²) < 4.78 is 11.7. The number of carboxylic acids is 1. The van der Waals surface area contributed by atoms with Crippen molar-refractivity contribution in [2.75, 3.05) is 0 Å². The second-order valence-electron chi connectivity index (χ2n) is 17.2. The highest BCUT2D eigenvalue weighted by molar-refractivity contribution is 5.95. The molecule has 3 saturated carbocycles. The van der Waals surface area contributed by atoms with E-state index >= 15 is 0 Å². The van der Waals surface area contributed by atoms with Crippen molar-refractivity contribution in [1.29, 1.82) is 0 Å². The molecule has 11 heteroatoms. The number of fused-ring (bicyclic) bond motifs is 6. The van der Waals surface area contributed by atoms with Gasteiger partial charge in [0.25, 0.3) is 0 Å². The van der Waals surface area contributed by atoms with Gasteiger partial charge in [-0.25, -0.2) is 4.79 Å².